The summed E-state index contributed by atoms with van der Waals surface area (Å²) in [6.07, 6.45) is 3.42. The third-order valence-corrected chi connectivity index (χ3v) is 2.95. The van der Waals surface area contributed by atoms with Gasteiger partial charge in [-0.25, -0.2) is 4.98 Å². The van der Waals surface area contributed by atoms with Crippen molar-refractivity contribution in [2.24, 2.45) is 0 Å². The van der Waals surface area contributed by atoms with Crippen molar-refractivity contribution in [3.05, 3.63) is 22.8 Å². The molecule has 1 saturated carbocycles. The van der Waals surface area contributed by atoms with Gasteiger partial charge in [-0.1, -0.05) is 11.6 Å². The van der Waals surface area contributed by atoms with Crippen molar-refractivity contribution < 1.29 is 4.79 Å². The molecule has 0 atom stereocenters. The fraction of sp³-hybridized carbons (Fsp3) is 0.462. The van der Waals surface area contributed by atoms with Crippen LogP contribution in [0.1, 0.15) is 31.2 Å². The first-order chi connectivity index (χ1) is 9.17. The number of aromatic nitrogens is 1. The number of anilines is 1. The summed E-state index contributed by atoms with van der Waals surface area (Å²) in [5.41, 5.74) is 0.467. The second-order valence-electron chi connectivity index (χ2n) is 4.55. The Balaban J connectivity index is 1.71. The number of rotatable bonds is 6. The van der Waals surface area contributed by atoms with E-state index in [1.54, 1.807) is 6.07 Å². The number of hydrogen-bond acceptors (Lipinski definition) is 4. The summed E-state index contributed by atoms with van der Waals surface area (Å²) in [6.45, 7) is 0.621. The Bertz CT molecular complexity index is 508. The number of nitrogens with zero attached hydrogens (tertiary/aromatic N) is 2. The molecule has 1 heterocycles. The first kappa shape index (κ1) is 13.6. The average Bonchev–Trinajstić information content (AvgIpc) is 3.18. The van der Waals surface area contributed by atoms with Crippen LogP contribution in [-0.4, -0.2) is 23.5 Å². The van der Waals surface area contributed by atoms with Gasteiger partial charge in [0.1, 0.15) is 11.0 Å². The van der Waals surface area contributed by atoms with Gasteiger partial charge in [-0.15, -0.1) is 0 Å². The van der Waals surface area contributed by atoms with Crippen molar-refractivity contribution in [1.82, 2.24) is 10.3 Å². The zero-order valence-electron chi connectivity index (χ0n) is 10.4. The Kier molecular flexibility index (Phi) is 4.58. The molecule has 1 fully saturated rings. The molecule has 100 valence electrons. The van der Waals surface area contributed by atoms with Gasteiger partial charge >= 0.3 is 0 Å². The number of amides is 1. The largest absolute Gasteiger partial charge is 0.370 e. The topological polar surface area (TPSA) is 77.8 Å². The second-order valence-corrected chi connectivity index (χ2v) is 4.93. The van der Waals surface area contributed by atoms with Crippen LogP contribution in [0.3, 0.4) is 0 Å². The van der Waals surface area contributed by atoms with E-state index in [0.717, 1.165) is 12.8 Å². The molecule has 2 N–H and O–H groups in total. The number of nitrogens with one attached hydrogen (secondary N) is 2. The Morgan fingerprint density at radius 1 is 1.53 bits per heavy atom. The van der Waals surface area contributed by atoms with E-state index in [0.29, 0.717) is 36.8 Å². The van der Waals surface area contributed by atoms with E-state index >= 15 is 0 Å². The molecule has 0 radical (unpaired) electrons. The summed E-state index contributed by atoms with van der Waals surface area (Å²) in [5.74, 6) is 0.660. The molecule has 1 aromatic rings. The molecule has 2 rings (SSSR count). The van der Waals surface area contributed by atoms with Gasteiger partial charge in [-0.3, -0.25) is 4.79 Å². The highest BCUT2D eigenvalue weighted by atomic mass is 35.5. The maximum Gasteiger partial charge on any atom is 0.220 e. The van der Waals surface area contributed by atoms with Gasteiger partial charge in [0.05, 0.1) is 11.6 Å². The predicted molar refractivity (Wildman–Crippen MR) is 72.9 cm³/mol. The van der Waals surface area contributed by atoms with E-state index in [-0.39, 0.29) is 11.1 Å². The zero-order chi connectivity index (χ0) is 13.7. The number of carbonyl (C=O) groups is 1. The van der Waals surface area contributed by atoms with Crippen molar-refractivity contribution in [2.45, 2.75) is 31.7 Å². The van der Waals surface area contributed by atoms with Crippen LogP contribution in [0.15, 0.2) is 12.1 Å². The van der Waals surface area contributed by atoms with Crippen LogP contribution in [0.4, 0.5) is 5.82 Å². The van der Waals surface area contributed by atoms with Gasteiger partial charge in [-0.05, 0) is 31.4 Å². The molecule has 0 bridgehead atoms. The average molecular weight is 279 g/mol. The fourth-order valence-corrected chi connectivity index (χ4v) is 1.85. The maximum absolute atomic E-state index is 11.4. The van der Waals surface area contributed by atoms with Crippen LogP contribution in [0, 0.1) is 11.3 Å². The Labute approximate surface area is 117 Å². The number of nitriles is 1. The minimum Gasteiger partial charge on any atom is -0.370 e. The van der Waals surface area contributed by atoms with Gasteiger partial charge in [0.25, 0.3) is 0 Å². The van der Waals surface area contributed by atoms with E-state index in [9.17, 15) is 4.79 Å². The van der Waals surface area contributed by atoms with Gasteiger partial charge in [-0.2, -0.15) is 5.26 Å². The highest BCUT2D eigenvalue weighted by Gasteiger charge is 2.22. The molecular weight excluding hydrogens is 264 g/mol. The summed E-state index contributed by atoms with van der Waals surface area (Å²) in [4.78, 5) is 15.5. The lowest BCUT2D eigenvalue weighted by molar-refractivity contribution is -0.121. The van der Waals surface area contributed by atoms with Crippen molar-refractivity contribution >= 4 is 23.3 Å². The predicted octanol–water partition coefficient (Wildman–Crippen LogP) is 2.08. The zero-order valence-corrected chi connectivity index (χ0v) is 11.2. The smallest absolute Gasteiger partial charge is 0.220 e. The van der Waals surface area contributed by atoms with E-state index < -0.39 is 0 Å². The molecule has 0 aromatic carbocycles. The fourth-order valence-electron chi connectivity index (χ4n) is 1.64. The highest BCUT2D eigenvalue weighted by molar-refractivity contribution is 6.29. The minimum absolute atomic E-state index is 0.0982. The molecular formula is C13H15ClN4O. The van der Waals surface area contributed by atoms with Gasteiger partial charge in [0, 0.05) is 19.0 Å². The number of pyridine rings is 1. The Hall–Kier alpha value is -1.80. The third kappa shape index (κ3) is 4.76. The van der Waals surface area contributed by atoms with E-state index in [1.165, 1.54) is 6.07 Å². The summed E-state index contributed by atoms with van der Waals surface area (Å²) in [7, 11) is 0. The summed E-state index contributed by atoms with van der Waals surface area (Å²) in [5, 5.41) is 15.1. The van der Waals surface area contributed by atoms with Gasteiger partial charge in [0.2, 0.25) is 5.91 Å². The minimum atomic E-state index is 0.0982. The second kappa shape index (κ2) is 6.39. The summed E-state index contributed by atoms with van der Waals surface area (Å²) >= 11 is 5.79. The summed E-state index contributed by atoms with van der Waals surface area (Å²) < 4.78 is 0. The molecule has 5 nitrogen and oxygen atoms in total. The van der Waals surface area contributed by atoms with Crippen molar-refractivity contribution in [1.29, 1.82) is 5.26 Å². The van der Waals surface area contributed by atoms with Crippen LogP contribution in [0.25, 0.3) is 0 Å². The van der Waals surface area contributed by atoms with Crippen LogP contribution in [0.5, 0.6) is 0 Å². The molecule has 6 heteroatoms. The molecule has 1 aliphatic carbocycles. The molecule has 19 heavy (non-hydrogen) atoms. The Morgan fingerprint density at radius 3 is 3.00 bits per heavy atom. The lowest BCUT2D eigenvalue weighted by atomic mass is 10.2. The number of carbonyl (C=O) groups excluding carboxylic acids is 1. The monoisotopic (exact) mass is 278 g/mol. The lowest BCUT2D eigenvalue weighted by Crippen LogP contribution is -2.25. The lowest BCUT2D eigenvalue weighted by Gasteiger charge is -2.06. The van der Waals surface area contributed by atoms with Crippen LogP contribution >= 0.6 is 11.6 Å². The van der Waals surface area contributed by atoms with Crippen LogP contribution in [-0.2, 0) is 4.79 Å². The number of hydrogen-bond donors (Lipinski definition) is 2. The van der Waals surface area contributed by atoms with Crippen LogP contribution < -0.4 is 10.6 Å². The van der Waals surface area contributed by atoms with Crippen molar-refractivity contribution in [3.63, 3.8) is 0 Å². The number of halogens is 1. The maximum atomic E-state index is 11.4. The highest BCUT2D eigenvalue weighted by Crippen LogP contribution is 2.18. The molecule has 1 aliphatic rings. The SMILES string of the molecule is N#Cc1cc(Cl)nc(NCCCC(=O)NC2CC2)c1. The van der Waals surface area contributed by atoms with Crippen molar-refractivity contribution in [3.8, 4) is 6.07 Å². The van der Waals surface area contributed by atoms with Crippen LogP contribution in [0.2, 0.25) is 5.15 Å². The standard InChI is InChI=1S/C13H15ClN4O/c14-11-6-9(8-15)7-12(18-11)16-5-1-2-13(19)17-10-3-4-10/h6-7,10H,1-5H2,(H,16,18)(H,17,19). The normalized spacial score (nSPS) is 13.7. The first-order valence-corrected chi connectivity index (χ1v) is 6.66. The van der Waals surface area contributed by atoms with Gasteiger partial charge < -0.3 is 10.6 Å². The summed E-state index contributed by atoms with van der Waals surface area (Å²) in [6, 6.07) is 5.57. The molecule has 1 aromatic heterocycles. The van der Waals surface area contributed by atoms with E-state index in [1.807, 2.05) is 6.07 Å². The molecule has 0 unspecified atom stereocenters. The molecule has 1 amide bonds. The molecule has 0 aliphatic heterocycles. The molecule has 0 saturated heterocycles. The molecule has 0 spiro atoms. The van der Waals surface area contributed by atoms with Gasteiger partial charge in [0.15, 0.2) is 0 Å². The van der Waals surface area contributed by atoms with E-state index in [4.69, 9.17) is 16.9 Å². The first-order valence-electron chi connectivity index (χ1n) is 6.28. The quantitative estimate of drug-likeness (QED) is 0.617. The van der Waals surface area contributed by atoms with E-state index in [2.05, 4.69) is 15.6 Å². The Morgan fingerprint density at radius 2 is 2.32 bits per heavy atom. The third-order valence-electron chi connectivity index (χ3n) is 2.75. The van der Waals surface area contributed by atoms with Crippen molar-refractivity contribution in [2.75, 3.05) is 11.9 Å².